The highest BCUT2D eigenvalue weighted by Crippen LogP contribution is 2.05. The third-order valence-electron chi connectivity index (χ3n) is 1.76. The molecule has 0 fully saturated rings. The van der Waals surface area contributed by atoms with E-state index in [-0.39, 0.29) is 23.1 Å². The van der Waals surface area contributed by atoms with E-state index in [4.69, 9.17) is 4.55 Å². The molecule has 5 heteroatoms. The predicted octanol–water partition coefficient (Wildman–Crippen LogP) is 1.05. The molecule has 0 saturated heterocycles. The molecule has 3 nitrogen and oxygen atoms in total. The van der Waals surface area contributed by atoms with Gasteiger partial charge in [-0.05, 0) is 6.42 Å². The van der Waals surface area contributed by atoms with Gasteiger partial charge >= 0.3 is 0 Å². The highest BCUT2D eigenvalue weighted by Gasteiger charge is 2.02. The zero-order valence-corrected chi connectivity index (χ0v) is 8.44. The lowest BCUT2D eigenvalue weighted by Gasteiger charge is -1.98. The van der Waals surface area contributed by atoms with E-state index in [2.05, 4.69) is 6.92 Å². The molecule has 0 bridgehead atoms. The van der Waals surface area contributed by atoms with Crippen LogP contribution in [0.4, 0.5) is 0 Å². The Labute approximate surface area is 91.8 Å². The Bertz CT molecular complexity index is 190. The van der Waals surface area contributed by atoms with Crippen LogP contribution in [0.25, 0.3) is 0 Å². The monoisotopic (exact) mass is 224 g/mol. The fourth-order valence-electron chi connectivity index (χ4n) is 1.06. The SMILES string of the molecule is CCCCCCCCS(=O)(=O)O.[AlH3]. The third-order valence-corrected chi connectivity index (χ3v) is 2.56. The topological polar surface area (TPSA) is 54.4 Å². The summed E-state index contributed by atoms with van der Waals surface area (Å²) in [4.78, 5) is 0. The number of hydrogen-bond acceptors (Lipinski definition) is 2. The minimum atomic E-state index is -3.72. The molecule has 0 aliphatic heterocycles. The van der Waals surface area contributed by atoms with Crippen LogP contribution in [-0.4, -0.2) is 36.1 Å². The van der Waals surface area contributed by atoms with Crippen molar-refractivity contribution in [3.63, 3.8) is 0 Å². The Hall–Kier alpha value is 0.442. The second-order valence-electron chi connectivity index (χ2n) is 3.05. The second-order valence-corrected chi connectivity index (χ2v) is 4.63. The minimum Gasteiger partial charge on any atom is -0.286 e. The van der Waals surface area contributed by atoms with Crippen LogP contribution in [0.1, 0.15) is 45.4 Å². The molecule has 0 aliphatic rings. The average Bonchev–Trinajstić information content (AvgIpc) is 1.94. The van der Waals surface area contributed by atoms with Gasteiger partial charge in [0.15, 0.2) is 17.4 Å². The van der Waals surface area contributed by atoms with Gasteiger partial charge in [0, 0.05) is 0 Å². The number of unbranched alkanes of at least 4 members (excludes halogenated alkanes) is 5. The molecule has 0 unspecified atom stereocenters. The lowest BCUT2D eigenvalue weighted by atomic mass is 10.1. The first kappa shape index (κ1) is 15.9. The van der Waals surface area contributed by atoms with Gasteiger partial charge in [0.1, 0.15) is 0 Å². The molecule has 0 amide bonds. The summed E-state index contributed by atoms with van der Waals surface area (Å²) in [7, 11) is -3.72. The maximum absolute atomic E-state index is 10.3. The molecule has 0 radical (unpaired) electrons. The van der Waals surface area contributed by atoms with Crippen molar-refractivity contribution in [1.82, 2.24) is 0 Å². The largest absolute Gasteiger partial charge is 0.286 e. The lowest BCUT2D eigenvalue weighted by Crippen LogP contribution is -2.03. The van der Waals surface area contributed by atoms with Crippen LogP contribution in [0.5, 0.6) is 0 Å². The van der Waals surface area contributed by atoms with Crippen molar-refractivity contribution in [2.24, 2.45) is 0 Å². The van der Waals surface area contributed by atoms with E-state index >= 15 is 0 Å². The van der Waals surface area contributed by atoms with Crippen molar-refractivity contribution in [3.05, 3.63) is 0 Å². The zero-order chi connectivity index (χ0) is 9.45. The Morgan fingerprint density at radius 1 is 1.00 bits per heavy atom. The standard InChI is InChI=1S/C8H18O3S.Al.3H/c1-2-3-4-5-6-7-8-12(9,10)11;;;;/h2-8H2,1H3,(H,9,10,11);;;;. The molecule has 0 aliphatic carbocycles. The Morgan fingerprint density at radius 2 is 1.46 bits per heavy atom. The van der Waals surface area contributed by atoms with Crippen molar-refractivity contribution in [2.45, 2.75) is 45.4 Å². The van der Waals surface area contributed by atoms with Gasteiger partial charge in [-0.15, -0.1) is 0 Å². The van der Waals surface area contributed by atoms with Crippen LogP contribution in [0, 0.1) is 0 Å². The molecule has 0 atom stereocenters. The summed E-state index contributed by atoms with van der Waals surface area (Å²) in [5, 5.41) is 0. The van der Waals surface area contributed by atoms with Gasteiger partial charge in [0.25, 0.3) is 10.1 Å². The van der Waals surface area contributed by atoms with Crippen molar-refractivity contribution >= 4 is 27.5 Å². The van der Waals surface area contributed by atoms with Crippen molar-refractivity contribution in [2.75, 3.05) is 5.75 Å². The van der Waals surface area contributed by atoms with E-state index < -0.39 is 10.1 Å². The van der Waals surface area contributed by atoms with Crippen LogP contribution in [-0.2, 0) is 10.1 Å². The summed E-state index contributed by atoms with van der Waals surface area (Å²) in [6.07, 6.45) is 6.14. The fourth-order valence-corrected chi connectivity index (χ4v) is 1.63. The predicted molar refractivity (Wildman–Crippen MR) is 59.7 cm³/mol. The van der Waals surface area contributed by atoms with Crippen LogP contribution < -0.4 is 0 Å². The quantitative estimate of drug-likeness (QED) is 0.399. The van der Waals surface area contributed by atoms with Crippen molar-refractivity contribution in [1.29, 1.82) is 0 Å². The van der Waals surface area contributed by atoms with E-state index in [1.807, 2.05) is 0 Å². The van der Waals surface area contributed by atoms with Crippen molar-refractivity contribution < 1.29 is 13.0 Å². The van der Waals surface area contributed by atoms with E-state index in [0.717, 1.165) is 12.8 Å². The molecule has 80 valence electrons. The summed E-state index contributed by atoms with van der Waals surface area (Å²) < 4.78 is 28.9. The van der Waals surface area contributed by atoms with Gasteiger partial charge in [0.2, 0.25) is 0 Å². The van der Waals surface area contributed by atoms with Gasteiger partial charge < -0.3 is 0 Å². The first-order chi connectivity index (χ1) is 5.56. The van der Waals surface area contributed by atoms with Crippen LogP contribution in [0.2, 0.25) is 0 Å². The van der Waals surface area contributed by atoms with Gasteiger partial charge in [-0.25, -0.2) is 0 Å². The molecule has 1 N–H and O–H groups in total. The fraction of sp³-hybridized carbons (Fsp3) is 1.00. The van der Waals surface area contributed by atoms with Crippen molar-refractivity contribution in [3.8, 4) is 0 Å². The zero-order valence-electron chi connectivity index (χ0n) is 7.62. The van der Waals surface area contributed by atoms with Gasteiger partial charge in [-0.3, -0.25) is 4.55 Å². The summed E-state index contributed by atoms with van der Waals surface area (Å²) in [6.45, 7) is 2.14. The highest BCUT2D eigenvalue weighted by molar-refractivity contribution is 7.85. The smallest absolute Gasteiger partial charge is 0.264 e. The number of rotatable bonds is 7. The maximum Gasteiger partial charge on any atom is 0.264 e. The number of hydrogen-bond donors (Lipinski definition) is 1. The Morgan fingerprint density at radius 3 is 1.92 bits per heavy atom. The molecule has 0 spiro atoms. The molecular weight excluding hydrogens is 203 g/mol. The Kier molecular flexibility index (Phi) is 11.0. The summed E-state index contributed by atoms with van der Waals surface area (Å²) in [5.74, 6) is -0.0842. The highest BCUT2D eigenvalue weighted by atomic mass is 32.2. The molecular formula is C8H21AlO3S. The van der Waals surface area contributed by atoms with E-state index in [9.17, 15) is 8.42 Å². The molecule has 0 saturated carbocycles. The maximum atomic E-state index is 10.3. The van der Waals surface area contributed by atoms with Crippen LogP contribution in [0.3, 0.4) is 0 Å². The molecule has 0 aromatic heterocycles. The van der Waals surface area contributed by atoms with Crippen LogP contribution >= 0.6 is 0 Å². The van der Waals surface area contributed by atoms with Gasteiger partial charge in [0.05, 0.1) is 5.75 Å². The van der Waals surface area contributed by atoms with E-state index in [0.29, 0.717) is 6.42 Å². The van der Waals surface area contributed by atoms with E-state index in [1.54, 1.807) is 0 Å². The van der Waals surface area contributed by atoms with Gasteiger partial charge in [-0.2, -0.15) is 8.42 Å². The average molecular weight is 224 g/mol. The third kappa shape index (κ3) is 15.2. The second kappa shape index (κ2) is 9.02. The normalized spacial score (nSPS) is 10.9. The first-order valence-electron chi connectivity index (χ1n) is 4.51. The summed E-state index contributed by atoms with van der Waals surface area (Å²) >= 11 is 0. The lowest BCUT2D eigenvalue weighted by molar-refractivity contribution is 0.478. The molecule has 0 heterocycles. The summed E-state index contributed by atoms with van der Waals surface area (Å²) in [5.41, 5.74) is 0. The minimum absolute atomic E-state index is 0. The van der Waals surface area contributed by atoms with Gasteiger partial charge in [-0.1, -0.05) is 39.0 Å². The first-order valence-corrected chi connectivity index (χ1v) is 6.12. The molecule has 13 heavy (non-hydrogen) atoms. The molecule has 0 rings (SSSR count). The van der Waals surface area contributed by atoms with Crippen LogP contribution in [0.15, 0.2) is 0 Å². The Balaban J connectivity index is 0. The molecule has 0 aromatic carbocycles. The van der Waals surface area contributed by atoms with E-state index in [1.165, 1.54) is 19.3 Å². The summed E-state index contributed by atoms with van der Waals surface area (Å²) in [6, 6.07) is 0. The molecule has 0 aromatic rings.